The number of rotatable bonds is 17. The molecule has 1 atom stereocenters. The van der Waals surface area contributed by atoms with Crippen molar-refractivity contribution in [2.45, 2.75) is 67.7 Å². The molecule has 0 bridgehead atoms. The first kappa shape index (κ1) is 82.1. The number of carbonyl (C=O) groups is 5. The largest absolute Gasteiger partial charge is 1.00 e. The van der Waals surface area contributed by atoms with Crippen molar-refractivity contribution >= 4 is 134 Å². The number of aromatic nitrogens is 9. The van der Waals surface area contributed by atoms with Gasteiger partial charge in [0.2, 0.25) is 21.7 Å². The smallest absolute Gasteiger partial charge is 0.493 e. The summed E-state index contributed by atoms with van der Waals surface area (Å²) in [5, 5.41) is 24.9. The van der Waals surface area contributed by atoms with E-state index in [1.165, 1.54) is 58.3 Å². The van der Waals surface area contributed by atoms with Gasteiger partial charge in [0.15, 0.2) is 38.8 Å². The van der Waals surface area contributed by atoms with Crippen LogP contribution in [0.3, 0.4) is 0 Å². The average Bonchev–Trinajstić information content (AvgIpc) is 1.56. The van der Waals surface area contributed by atoms with Gasteiger partial charge in [0.05, 0.1) is 78.1 Å². The minimum Gasteiger partial charge on any atom is -0.493 e. The number of carbonyl (C=O) groups excluding carboxylic acids is 5. The number of aromatic hydroxyl groups is 1. The maximum Gasteiger partial charge on any atom is 1.00 e. The molecule has 530 valence electrons. The van der Waals surface area contributed by atoms with Crippen LogP contribution in [0.1, 0.15) is 70.6 Å². The first-order valence-corrected chi connectivity index (χ1v) is 34.0. The van der Waals surface area contributed by atoms with Gasteiger partial charge in [0.1, 0.15) is 34.4 Å². The molecule has 44 heteroatoms. The van der Waals surface area contributed by atoms with E-state index in [0.717, 1.165) is 42.3 Å². The van der Waals surface area contributed by atoms with E-state index in [1.807, 2.05) is 22.6 Å². The van der Waals surface area contributed by atoms with Crippen molar-refractivity contribution in [1.29, 1.82) is 0 Å². The number of amides is 2. The topological polar surface area (TPSA) is 407 Å². The molecular weight excluding hydrogens is 1570 g/mol. The van der Waals surface area contributed by atoms with Crippen molar-refractivity contribution in [3.05, 3.63) is 149 Å². The molecule has 1 unspecified atom stereocenters. The van der Waals surface area contributed by atoms with Crippen molar-refractivity contribution in [1.82, 2.24) is 44.3 Å². The summed E-state index contributed by atoms with van der Waals surface area (Å²) in [6, 6.07) is 11.9. The van der Waals surface area contributed by atoms with Crippen molar-refractivity contribution in [2.24, 2.45) is 12.1 Å². The summed E-state index contributed by atoms with van der Waals surface area (Å²) < 4.78 is 184. The number of para-hydroxylation sites is 1. The Kier molecular flexibility index (Phi) is 27.7. The van der Waals surface area contributed by atoms with Crippen molar-refractivity contribution in [2.75, 3.05) is 55.8 Å². The van der Waals surface area contributed by atoms with Gasteiger partial charge in [0, 0.05) is 33.9 Å². The number of methoxy groups -OCH3 is 3. The van der Waals surface area contributed by atoms with E-state index < -0.39 is 132 Å². The van der Waals surface area contributed by atoms with Crippen LogP contribution >= 0.6 is 45.8 Å². The molecule has 4 aromatic carbocycles. The molecule has 4 aromatic heterocycles. The van der Waals surface area contributed by atoms with Crippen LogP contribution in [-0.2, 0) is 66.9 Å². The van der Waals surface area contributed by atoms with E-state index in [4.69, 9.17) is 42.1 Å². The number of urea groups is 1. The molecule has 0 fully saturated rings. The number of anilines is 3. The number of ketones is 1. The molecule has 100 heavy (non-hydrogen) atoms. The van der Waals surface area contributed by atoms with Crippen LogP contribution in [0.25, 0.3) is 10.4 Å². The minimum absolute atomic E-state index is 0. The number of benzene rings is 4. The van der Waals surface area contributed by atoms with Gasteiger partial charge in [-0.1, -0.05) is 29.3 Å². The maximum atomic E-state index is 13.7. The number of nitrogens with zero attached hydrogens (tertiary/aromatic N) is 12. The van der Waals surface area contributed by atoms with E-state index in [-0.39, 0.29) is 95.5 Å². The summed E-state index contributed by atoms with van der Waals surface area (Å²) in [6.07, 6.45) is -3.23. The normalized spacial score (nSPS) is 13.5. The summed E-state index contributed by atoms with van der Waals surface area (Å²) in [7, 11) is -8.21. The van der Waals surface area contributed by atoms with E-state index in [1.54, 1.807) is 43.7 Å². The summed E-state index contributed by atoms with van der Waals surface area (Å²) in [4.78, 5) is 78.2. The summed E-state index contributed by atoms with van der Waals surface area (Å²) >= 11 is 14.0. The molecular formula is C56H52Cl2F6IN14NaO17S3. The van der Waals surface area contributed by atoms with Crippen LogP contribution < -0.4 is 54.1 Å². The molecule has 31 nitrogen and oxygen atoms in total. The summed E-state index contributed by atoms with van der Waals surface area (Å²) in [5.74, 6) is -6.59. The van der Waals surface area contributed by atoms with Gasteiger partial charge in [-0.2, -0.15) is 51.3 Å². The van der Waals surface area contributed by atoms with Crippen molar-refractivity contribution in [3.63, 3.8) is 0 Å². The Morgan fingerprint density at radius 2 is 1.44 bits per heavy atom. The Bertz CT molecular complexity index is 4850. The number of halogens is 9. The van der Waals surface area contributed by atoms with Crippen LogP contribution in [0, 0.1) is 34.9 Å². The van der Waals surface area contributed by atoms with Gasteiger partial charge >= 0.3 is 65.7 Å². The van der Waals surface area contributed by atoms with E-state index in [0.29, 0.717) is 42.2 Å². The third-order valence-corrected chi connectivity index (χ3v) is 17.6. The fraction of sp³-hybridized carbons (Fsp3) is 0.268. The van der Waals surface area contributed by atoms with Gasteiger partial charge in [-0.15, -0.1) is 5.10 Å². The van der Waals surface area contributed by atoms with Gasteiger partial charge < -0.3 is 38.8 Å². The second kappa shape index (κ2) is 33.7. The van der Waals surface area contributed by atoms with Crippen LogP contribution in [0.5, 0.6) is 17.9 Å². The Balaban J connectivity index is 0.000000240. The molecule has 2 amide bonds. The molecule has 8 aromatic rings. The third kappa shape index (κ3) is 19.7. The molecule has 0 radical (unpaired) electrons. The second-order valence-corrected chi connectivity index (χ2v) is 27.0. The number of nitrogens with one attached hydrogen (secondary N) is 2. The first-order chi connectivity index (χ1) is 46.2. The van der Waals surface area contributed by atoms with E-state index in [2.05, 4.69) is 55.0 Å². The number of hydrogen-bond donors (Lipinski definition) is 3. The Morgan fingerprint density at radius 3 is 2.00 bits per heavy atom. The predicted molar refractivity (Wildman–Crippen MR) is 346 cm³/mol. The number of alkyl halides is 3. The fourth-order valence-electron chi connectivity index (χ4n) is 8.36. The zero-order chi connectivity index (χ0) is 74.0. The molecule has 3 N–H and O–H groups in total. The molecule has 1 aliphatic heterocycles. The zero-order valence-electron chi connectivity index (χ0n) is 53.6. The predicted octanol–water partition coefficient (Wildman–Crippen LogP) is 5.76. The molecule has 5 heterocycles. The molecule has 0 saturated carbocycles. The van der Waals surface area contributed by atoms with Gasteiger partial charge in [-0.25, -0.2) is 64.0 Å². The fourth-order valence-corrected chi connectivity index (χ4v) is 12.5. The number of esters is 3. The third-order valence-electron chi connectivity index (χ3n) is 12.8. The SMILES string of the molecule is CCOC(=O)C1=NN(c2ccc(Cl)cc2Cl)C(C)(C(=O)OCC)C1.COC(=O)c1ccc(I)cc1S(=O)(=O)[N-]C(=O)Nc1nc(C)nc(OC)n1.COc1ncc(F)c2nc(S(=O)(=O)Nc3c(F)cccc3F)nn12.Cc1nn(C)c(O)c1C(=O)c1ccc(C(F)(F)F)cc1S(C)(=O)=O.[Na+]. The minimum atomic E-state index is -4.76. The number of sulfonamides is 2. The van der Waals surface area contributed by atoms with Crippen LogP contribution in [0.2, 0.25) is 10.0 Å². The molecule has 9 rings (SSSR count). The Labute approximate surface area is 609 Å². The number of ether oxygens (including phenoxy) is 5. The Morgan fingerprint density at radius 1 is 0.800 bits per heavy atom. The zero-order valence-corrected chi connectivity index (χ0v) is 61.7. The maximum absolute atomic E-state index is 13.7. The number of sulfone groups is 1. The van der Waals surface area contributed by atoms with Gasteiger partial charge in [-0.3, -0.25) is 14.3 Å². The van der Waals surface area contributed by atoms with Crippen molar-refractivity contribution in [3.8, 4) is 17.9 Å². The van der Waals surface area contributed by atoms with Crippen LogP contribution in [0.15, 0.2) is 99.0 Å². The van der Waals surface area contributed by atoms with E-state index in [9.17, 15) is 80.7 Å². The van der Waals surface area contributed by atoms with Crippen molar-refractivity contribution < 1.29 is 134 Å². The van der Waals surface area contributed by atoms with Gasteiger partial charge in [-0.05, 0) is 124 Å². The molecule has 1 aliphatic rings. The average molecular weight is 1620 g/mol. The number of hydrazone groups is 1. The molecule has 0 aliphatic carbocycles. The summed E-state index contributed by atoms with van der Waals surface area (Å²) in [5.41, 5.74) is -4.01. The van der Waals surface area contributed by atoms with Crippen LogP contribution in [-0.4, -0.2) is 156 Å². The first-order valence-electron chi connectivity index (χ1n) is 27.4. The second-order valence-electron chi connectivity index (χ2n) is 19.8. The molecule has 0 spiro atoms. The standard InChI is InChI=1S/C16H18Cl2N2O4.C14H13F3N2O4S.C14H14IN5O6S.C12H8F3N5O3S.Na/c1-4-23-14(21)12-9-16(3,15(22)24-5-2)20(19-12)13-7-6-10(17)8-11(13)18;1-7-11(13(21)19(2)18-7)12(20)9-5-4-8(14(15,16)17)6-10(9)24(3,22)23;1-7-16-12(19-14(17-7)26-3)18-13(22)20-27(23,24)10-6-8(15)4-5-9(10)11(21)25-2;1-23-12-16-5-8(15)10-17-11(18-20(10)12)24(21,22)19-9-6(13)3-2-4-7(9)14;/h6-8H,4-5,9H2,1-3H3;4-6,21H,1-3H3;4-6H,1-3H3,(H2,16,17,18,19,20,22);2-5,19H,1H3;/q;;;;+1/p-1. The van der Waals surface area contributed by atoms with E-state index >= 15 is 0 Å². The Hall–Kier alpha value is -8.59. The molecule has 0 saturated heterocycles. The van der Waals surface area contributed by atoms with Gasteiger partial charge in [0.25, 0.3) is 15.2 Å². The number of fused-ring (bicyclic) bond motifs is 1. The number of aryl methyl sites for hydroxylation is 3. The quantitative estimate of drug-likeness (QED) is 0.0243. The summed E-state index contributed by atoms with van der Waals surface area (Å²) in [6.45, 7) is 8.43. The number of hydrogen-bond acceptors (Lipinski definition) is 26. The monoisotopic (exact) mass is 1620 g/mol. The van der Waals surface area contributed by atoms with Crippen LogP contribution in [0.4, 0.5) is 48.5 Å².